The highest BCUT2D eigenvalue weighted by molar-refractivity contribution is 7.09. The van der Waals surface area contributed by atoms with Crippen molar-refractivity contribution >= 4 is 11.3 Å². The topological polar surface area (TPSA) is 12.0 Å². The van der Waals surface area contributed by atoms with E-state index < -0.39 is 0 Å². The first kappa shape index (κ1) is 14.1. The Hall–Kier alpha value is -0.340. The van der Waals surface area contributed by atoms with E-state index in [9.17, 15) is 0 Å². The SMILES string of the molecule is CCCNC(CCc1cccs1)C1CCC(C)C1. The molecule has 1 aromatic rings. The lowest BCUT2D eigenvalue weighted by atomic mass is 9.93. The van der Waals surface area contributed by atoms with Gasteiger partial charge >= 0.3 is 0 Å². The second-order valence-corrected chi connectivity index (χ2v) is 6.89. The summed E-state index contributed by atoms with van der Waals surface area (Å²) < 4.78 is 0. The van der Waals surface area contributed by atoms with Gasteiger partial charge in [-0.1, -0.05) is 26.3 Å². The summed E-state index contributed by atoms with van der Waals surface area (Å²) >= 11 is 1.90. The third-order valence-electron chi connectivity index (χ3n) is 4.24. The number of nitrogens with one attached hydrogen (secondary N) is 1. The Morgan fingerprint density at radius 1 is 1.44 bits per heavy atom. The van der Waals surface area contributed by atoms with Gasteiger partial charge in [-0.25, -0.2) is 0 Å². The molecule has 0 bridgehead atoms. The first-order valence-electron chi connectivity index (χ1n) is 7.55. The van der Waals surface area contributed by atoms with E-state index in [1.54, 1.807) is 4.88 Å². The maximum Gasteiger partial charge on any atom is 0.00988 e. The Morgan fingerprint density at radius 2 is 2.33 bits per heavy atom. The normalized spacial score (nSPS) is 25.4. The van der Waals surface area contributed by atoms with Crippen LogP contribution in [-0.2, 0) is 6.42 Å². The van der Waals surface area contributed by atoms with Crippen molar-refractivity contribution in [1.82, 2.24) is 5.32 Å². The molecular formula is C16H27NS. The van der Waals surface area contributed by atoms with Crippen molar-refractivity contribution in [3.05, 3.63) is 22.4 Å². The quantitative estimate of drug-likeness (QED) is 0.766. The van der Waals surface area contributed by atoms with Crippen molar-refractivity contribution in [2.45, 2.75) is 58.4 Å². The third kappa shape index (κ3) is 4.10. The molecule has 0 aromatic carbocycles. The zero-order valence-electron chi connectivity index (χ0n) is 11.8. The summed E-state index contributed by atoms with van der Waals surface area (Å²) in [7, 11) is 0. The first-order chi connectivity index (χ1) is 8.79. The van der Waals surface area contributed by atoms with Crippen LogP contribution < -0.4 is 5.32 Å². The van der Waals surface area contributed by atoms with Crippen molar-refractivity contribution in [3.63, 3.8) is 0 Å². The Balaban J connectivity index is 1.84. The van der Waals surface area contributed by atoms with Gasteiger partial charge in [0, 0.05) is 10.9 Å². The zero-order valence-corrected chi connectivity index (χ0v) is 12.6. The summed E-state index contributed by atoms with van der Waals surface area (Å²) in [5, 5.41) is 5.99. The molecular weight excluding hydrogens is 238 g/mol. The number of aryl methyl sites for hydroxylation is 1. The van der Waals surface area contributed by atoms with Crippen LogP contribution in [0.1, 0.15) is 50.8 Å². The van der Waals surface area contributed by atoms with Gasteiger partial charge in [-0.2, -0.15) is 0 Å². The highest BCUT2D eigenvalue weighted by Gasteiger charge is 2.28. The molecule has 1 aliphatic carbocycles. The van der Waals surface area contributed by atoms with E-state index in [-0.39, 0.29) is 0 Å². The molecule has 18 heavy (non-hydrogen) atoms. The number of thiophene rings is 1. The van der Waals surface area contributed by atoms with E-state index in [0.29, 0.717) is 0 Å². The molecule has 1 aromatic heterocycles. The summed E-state index contributed by atoms with van der Waals surface area (Å²) in [5.74, 6) is 1.87. The van der Waals surface area contributed by atoms with Crippen molar-refractivity contribution in [2.24, 2.45) is 11.8 Å². The lowest BCUT2D eigenvalue weighted by Crippen LogP contribution is -2.36. The molecule has 1 N–H and O–H groups in total. The fraction of sp³-hybridized carbons (Fsp3) is 0.750. The predicted molar refractivity (Wildman–Crippen MR) is 81.2 cm³/mol. The van der Waals surface area contributed by atoms with Crippen LogP contribution in [0.15, 0.2) is 17.5 Å². The van der Waals surface area contributed by atoms with Crippen LogP contribution in [0.5, 0.6) is 0 Å². The highest BCUT2D eigenvalue weighted by atomic mass is 32.1. The Morgan fingerprint density at radius 3 is 2.94 bits per heavy atom. The van der Waals surface area contributed by atoms with Gasteiger partial charge in [0.1, 0.15) is 0 Å². The fourth-order valence-electron chi connectivity index (χ4n) is 3.20. The van der Waals surface area contributed by atoms with Crippen molar-refractivity contribution in [1.29, 1.82) is 0 Å². The molecule has 1 aliphatic rings. The van der Waals surface area contributed by atoms with Crippen LogP contribution >= 0.6 is 11.3 Å². The largest absolute Gasteiger partial charge is 0.314 e. The number of rotatable bonds is 7. The van der Waals surface area contributed by atoms with Crippen LogP contribution in [0.25, 0.3) is 0 Å². The van der Waals surface area contributed by atoms with Gasteiger partial charge in [0.15, 0.2) is 0 Å². The molecule has 0 saturated heterocycles. The summed E-state index contributed by atoms with van der Waals surface area (Å²) in [6.07, 6.45) is 8.13. The van der Waals surface area contributed by atoms with E-state index in [1.807, 2.05) is 11.3 Å². The summed E-state index contributed by atoms with van der Waals surface area (Å²) in [6, 6.07) is 5.20. The molecule has 1 saturated carbocycles. The zero-order chi connectivity index (χ0) is 12.8. The molecule has 3 atom stereocenters. The Bertz CT molecular complexity index is 320. The van der Waals surface area contributed by atoms with E-state index in [1.165, 1.54) is 45.1 Å². The summed E-state index contributed by atoms with van der Waals surface area (Å²) in [5.41, 5.74) is 0. The number of hydrogen-bond acceptors (Lipinski definition) is 2. The summed E-state index contributed by atoms with van der Waals surface area (Å²) in [6.45, 7) is 5.86. The average Bonchev–Trinajstić information content (AvgIpc) is 3.01. The Kier molecular flexibility index (Phi) is 5.71. The standard InChI is InChI=1S/C16H27NS/c1-3-10-17-16(14-7-6-13(2)12-14)9-8-15-5-4-11-18-15/h4-5,11,13-14,16-17H,3,6-10,12H2,1-2H3. The van der Waals surface area contributed by atoms with Crippen LogP contribution in [0, 0.1) is 11.8 Å². The third-order valence-corrected chi connectivity index (χ3v) is 5.18. The first-order valence-corrected chi connectivity index (χ1v) is 8.43. The van der Waals surface area contributed by atoms with Crippen LogP contribution in [0.2, 0.25) is 0 Å². The summed E-state index contributed by atoms with van der Waals surface area (Å²) in [4.78, 5) is 1.55. The molecule has 0 amide bonds. The minimum absolute atomic E-state index is 0.747. The highest BCUT2D eigenvalue weighted by Crippen LogP contribution is 2.34. The molecule has 2 rings (SSSR count). The average molecular weight is 265 g/mol. The molecule has 2 heteroatoms. The Labute approximate surface area is 116 Å². The monoisotopic (exact) mass is 265 g/mol. The molecule has 0 aliphatic heterocycles. The van der Waals surface area contributed by atoms with Gasteiger partial charge in [-0.05, 0) is 61.9 Å². The molecule has 1 heterocycles. The van der Waals surface area contributed by atoms with Crippen LogP contribution in [-0.4, -0.2) is 12.6 Å². The molecule has 1 fully saturated rings. The van der Waals surface area contributed by atoms with E-state index in [2.05, 4.69) is 36.7 Å². The van der Waals surface area contributed by atoms with Crippen molar-refractivity contribution < 1.29 is 0 Å². The minimum Gasteiger partial charge on any atom is -0.314 e. The van der Waals surface area contributed by atoms with E-state index in [0.717, 1.165) is 17.9 Å². The second kappa shape index (κ2) is 7.30. The number of hydrogen-bond donors (Lipinski definition) is 1. The maximum absolute atomic E-state index is 3.80. The molecule has 0 spiro atoms. The molecule has 1 nitrogen and oxygen atoms in total. The van der Waals surface area contributed by atoms with E-state index in [4.69, 9.17) is 0 Å². The van der Waals surface area contributed by atoms with Crippen molar-refractivity contribution in [3.8, 4) is 0 Å². The minimum atomic E-state index is 0.747. The maximum atomic E-state index is 3.80. The predicted octanol–water partition coefficient (Wildman–Crippen LogP) is 4.49. The van der Waals surface area contributed by atoms with E-state index >= 15 is 0 Å². The van der Waals surface area contributed by atoms with Crippen LogP contribution in [0.3, 0.4) is 0 Å². The smallest absolute Gasteiger partial charge is 0.00988 e. The lowest BCUT2D eigenvalue weighted by molar-refractivity contribution is 0.334. The van der Waals surface area contributed by atoms with Crippen LogP contribution in [0.4, 0.5) is 0 Å². The fourth-order valence-corrected chi connectivity index (χ4v) is 3.93. The lowest BCUT2D eigenvalue weighted by Gasteiger charge is -2.25. The van der Waals surface area contributed by atoms with Gasteiger partial charge in [0.25, 0.3) is 0 Å². The van der Waals surface area contributed by atoms with Gasteiger partial charge < -0.3 is 5.32 Å². The molecule has 102 valence electrons. The molecule has 3 unspecified atom stereocenters. The van der Waals surface area contributed by atoms with Gasteiger partial charge in [-0.3, -0.25) is 0 Å². The van der Waals surface area contributed by atoms with Crippen molar-refractivity contribution in [2.75, 3.05) is 6.54 Å². The van der Waals surface area contributed by atoms with Gasteiger partial charge in [-0.15, -0.1) is 11.3 Å². The molecule has 0 radical (unpaired) electrons. The second-order valence-electron chi connectivity index (χ2n) is 5.86. The van der Waals surface area contributed by atoms with Gasteiger partial charge in [0.05, 0.1) is 0 Å². The van der Waals surface area contributed by atoms with Gasteiger partial charge in [0.2, 0.25) is 0 Å².